The van der Waals surface area contributed by atoms with Crippen LogP contribution in [-0.2, 0) is 18.9 Å². The number of ether oxygens (including phenoxy) is 1. The van der Waals surface area contributed by atoms with Gasteiger partial charge >= 0.3 is 12.4 Å². The number of anilines is 1. The molecule has 39 heavy (non-hydrogen) atoms. The largest absolute Gasteiger partial charge is 0.438 e. The van der Waals surface area contributed by atoms with Gasteiger partial charge in [-0.15, -0.1) is 0 Å². The molecular weight excluding hydrogens is 528 g/mol. The van der Waals surface area contributed by atoms with E-state index in [4.69, 9.17) is 4.74 Å². The van der Waals surface area contributed by atoms with E-state index < -0.39 is 35.9 Å². The molecule has 1 aromatic heterocycles. The van der Waals surface area contributed by atoms with E-state index in [1.165, 1.54) is 13.2 Å². The molecule has 0 N–H and O–H groups in total. The molecule has 0 spiro atoms. The molecule has 4 rings (SSSR count). The first-order chi connectivity index (χ1) is 18.3. The third-order valence-corrected chi connectivity index (χ3v) is 6.13. The second kappa shape index (κ2) is 11.1. The Kier molecular flexibility index (Phi) is 8.00. The van der Waals surface area contributed by atoms with Crippen molar-refractivity contribution in [1.29, 1.82) is 0 Å². The molecule has 0 saturated carbocycles. The van der Waals surface area contributed by atoms with Gasteiger partial charge in [-0.2, -0.15) is 31.3 Å². The van der Waals surface area contributed by atoms with Gasteiger partial charge in [0.1, 0.15) is 11.3 Å². The molecule has 1 fully saturated rings. The molecule has 0 unspecified atom stereocenters. The lowest BCUT2D eigenvalue weighted by Gasteiger charge is -2.32. The van der Waals surface area contributed by atoms with E-state index in [0.29, 0.717) is 36.9 Å². The van der Waals surface area contributed by atoms with Gasteiger partial charge in [0.2, 0.25) is 11.8 Å². The van der Waals surface area contributed by atoms with Crippen LogP contribution in [0.2, 0.25) is 0 Å². The SMILES string of the molecule is CN1CCN(c2ncc(C(=O)N(C)Cc3cc(C(F)(F)F)cc(C(F)(F)F)c3)c(Oc3ccccc3)n2)CC1. The zero-order valence-electron chi connectivity index (χ0n) is 21.1. The van der Waals surface area contributed by atoms with Crippen LogP contribution in [0, 0.1) is 0 Å². The van der Waals surface area contributed by atoms with Gasteiger partial charge < -0.3 is 19.4 Å². The molecule has 1 aliphatic rings. The lowest BCUT2D eigenvalue weighted by molar-refractivity contribution is -0.143. The lowest BCUT2D eigenvalue weighted by atomic mass is 10.0. The van der Waals surface area contributed by atoms with Gasteiger partial charge in [-0.1, -0.05) is 18.2 Å². The van der Waals surface area contributed by atoms with Crippen LogP contribution in [0.4, 0.5) is 32.3 Å². The number of para-hydroxylation sites is 1. The lowest BCUT2D eigenvalue weighted by Crippen LogP contribution is -2.45. The summed E-state index contributed by atoms with van der Waals surface area (Å²) in [5.74, 6) is -0.107. The first kappa shape index (κ1) is 28.1. The van der Waals surface area contributed by atoms with E-state index in [2.05, 4.69) is 14.9 Å². The number of halogens is 6. The van der Waals surface area contributed by atoms with Crippen molar-refractivity contribution in [3.8, 4) is 11.6 Å². The Morgan fingerprint density at radius 2 is 1.54 bits per heavy atom. The summed E-state index contributed by atoms with van der Waals surface area (Å²) in [5, 5.41) is 0. The van der Waals surface area contributed by atoms with Gasteiger partial charge in [-0.05, 0) is 42.9 Å². The van der Waals surface area contributed by atoms with Crippen molar-refractivity contribution in [2.75, 3.05) is 45.2 Å². The van der Waals surface area contributed by atoms with E-state index in [0.717, 1.165) is 18.0 Å². The zero-order valence-corrected chi connectivity index (χ0v) is 21.1. The summed E-state index contributed by atoms with van der Waals surface area (Å²) < 4.78 is 85.6. The number of rotatable bonds is 6. The number of amides is 1. The molecule has 208 valence electrons. The summed E-state index contributed by atoms with van der Waals surface area (Å²) in [4.78, 5) is 27.2. The number of alkyl halides is 6. The summed E-state index contributed by atoms with van der Waals surface area (Å²) in [6.07, 6.45) is -8.74. The van der Waals surface area contributed by atoms with Crippen LogP contribution >= 0.6 is 0 Å². The molecule has 0 aliphatic carbocycles. The predicted molar refractivity (Wildman–Crippen MR) is 131 cm³/mol. The summed E-state index contributed by atoms with van der Waals surface area (Å²) in [6.45, 7) is 2.31. The molecule has 13 heteroatoms. The van der Waals surface area contributed by atoms with Gasteiger partial charge in [-0.3, -0.25) is 4.79 Å². The van der Waals surface area contributed by atoms with Crippen molar-refractivity contribution in [1.82, 2.24) is 19.8 Å². The molecule has 2 aromatic carbocycles. The highest BCUT2D eigenvalue weighted by atomic mass is 19.4. The van der Waals surface area contributed by atoms with Gasteiger partial charge in [0.05, 0.1) is 11.1 Å². The number of hydrogen-bond donors (Lipinski definition) is 0. The van der Waals surface area contributed by atoms with Crippen LogP contribution in [0.25, 0.3) is 0 Å². The Bertz CT molecular complexity index is 1280. The van der Waals surface area contributed by atoms with Crippen LogP contribution in [-0.4, -0.2) is 65.9 Å². The standard InChI is InChI=1S/C26H25F6N5O2/c1-35-8-10-37(11-9-35)24-33-15-21(22(34-24)39-20-6-4-3-5-7-20)23(38)36(2)16-17-12-18(25(27,28)29)14-19(13-17)26(30,31)32/h3-7,12-15H,8-11,16H2,1-2H3. The maximum absolute atomic E-state index is 13.4. The molecule has 1 amide bonds. The summed E-state index contributed by atoms with van der Waals surface area (Å²) in [6, 6.07) is 9.73. The van der Waals surface area contributed by atoms with Crippen molar-refractivity contribution >= 4 is 11.9 Å². The topological polar surface area (TPSA) is 61.8 Å². The average molecular weight is 554 g/mol. The van der Waals surface area contributed by atoms with Crippen LogP contribution < -0.4 is 9.64 Å². The van der Waals surface area contributed by atoms with Gasteiger partial charge in [0.15, 0.2) is 0 Å². The fourth-order valence-electron chi connectivity index (χ4n) is 4.00. The van der Waals surface area contributed by atoms with Crippen molar-refractivity contribution in [3.63, 3.8) is 0 Å². The third-order valence-electron chi connectivity index (χ3n) is 6.13. The second-order valence-electron chi connectivity index (χ2n) is 9.17. The number of piperazine rings is 1. The maximum atomic E-state index is 13.4. The summed E-state index contributed by atoms with van der Waals surface area (Å²) >= 11 is 0. The highest BCUT2D eigenvalue weighted by Crippen LogP contribution is 2.36. The number of aromatic nitrogens is 2. The molecule has 0 radical (unpaired) electrons. The molecule has 1 saturated heterocycles. The quantitative estimate of drug-likeness (QED) is 0.385. The number of likely N-dealkylation sites (N-methyl/N-ethyl adjacent to an activating group) is 1. The Balaban J connectivity index is 1.64. The average Bonchev–Trinajstić information content (AvgIpc) is 2.88. The van der Waals surface area contributed by atoms with Crippen LogP contribution in [0.15, 0.2) is 54.7 Å². The molecule has 1 aliphatic heterocycles. The molecule has 7 nitrogen and oxygen atoms in total. The number of hydrogen-bond acceptors (Lipinski definition) is 6. The summed E-state index contributed by atoms with van der Waals surface area (Å²) in [5.41, 5.74) is -3.35. The molecular formula is C26H25F6N5O2. The molecule has 2 heterocycles. The first-order valence-electron chi connectivity index (χ1n) is 11.9. The minimum absolute atomic E-state index is 0.0437. The Hall–Kier alpha value is -3.87. The number of carbonyl (C=O) groups is 1. The zero-order chi connectivity index (χ0) is 28.4. The third kappa shape index (κ3) is 6.96. The summed E-state index contributed by atoms with van der Waals surface area (Å²) in [7, 11) is 3.25. The molecule has 0 bridgehead atoms. The van der Waals surface area contributed by atoms with Gasteiger partial charge in [0.25, 0.3) is 5.91 Å². The van der Waals surface area contributed by atoms with E-state index in [1.807, 2.05) is 11.9 Å². The van der Waals surface area contributed by atoms with E-state index in [-0.39, 0.29) is 23.1 Å². The van der Waals surface area contributed by atoms with Crippen molar-refractivity contribution in [2.45, 2.75) is 18.9 Å². The van der Waals surface area contributed by atoms with Crippen LogP contribution in [0.1, 0.15) is 27.0 Å². The van der Waals surface area contributed by atoms with E-state index in [1.54, 1.807) is 30.3 Å². The van der Waals surface area contributed by atoms with Crippen molar-refractivity contribution < 1.29 is 35.9 Å². The van der Waals surface area contributed by atoms with Crippen LogP contribution in [0.5, 0.6) is 11.6 Å². The second-order valence-corrected chi connectivity index (χ2v) is 9.17. The fourth-order valence-corrected chi connectivity index (χ4v) is 4.00. The van der Waals surface area contributed by atoms with E-state index >= 15 is 0 Å². The van der Waals surface area contributed by atoms with E-state index in [9.17, 15) is 31.1 Å². The van der Waals surface area contributed by atoms with Gasteiger partial charge in [0, 0.05) is 46.0 Å². The minimum atomic E-state index is -5.00. The monoisotopic (exact) mass is 553 g/mol. The van der Waals surface area contributed by atoms with Crippen molar-refractivity contribution in [2.24, 2.45) is 0 Å². The fraction of sp³-hybridized carbons (Fsp3) is 0.346. The van der Waals surface area contributed by atoms with Crippen LogP contribution in [0.3, 0.4) is 0 Å². The van der Waals surface area contributed by atoms with Gasteiger partial charge in [-0.25, -0.2) is 4.98 Å². The normalized spacial score (nSPS) is 14.8. The molecule has 3 aromatic rings. The Labute approximate surface area is 220 Å². The Morgan fingerprint density at radius 3 is 2.10 bits per heavy atom. The first-order valence-corrected chi connectivity index (χ1v) is 11.9. The smallest absolute Gasteiger partial charge is 0.416 e. The highest BCUT2D eigenvalue weighted by molar-refractivity contribution is 5.96. The van der Waals surface area contributed by atoms with Crippen molar-refractivity contribution in [3.05, 3.63) is 77.0 Å². The minimum Gasteiger partial charge on any atom is -0.438 e. The highest BCUT2D eigenvalue weighted by Gasteiger charge is 2.37. The number of nitrogens with zero attached hydrogens (tertiary/aromatic N) is 5. The number of benzene rings is 2. The maximum Gasteiger partial charge on any atom is 0.416 e. The number of carbonyl (C=O) groups excluding carboxylic acids is 1. The Morgan fingerprint density at radius 1 is 0.949 bits per heavy atom. The molecule has 0 atom stereocenters. The predicted octanol–water partition coefficient (Wildman–Crippen LogP) is 5.33.